The molecule has 2 aliphatic heterocycles. The second-order valence-corrected chi connectivity index (χ2v) is 8.46. The fraction of sp³-hybridized carbons (Fsp3) is 0.714. The minimum absolute atomic E-state index is 0.115. The molecule has 152 valence electrons. The van der Waals surface area contributed by atoms with E-state index in [0.717, 1.165) is 69.7 Å². The van der Waals surface area contributed by atoms with Crippen LogP contribution in [0.1, 0.15) is 75.2 Å². The van der Waals surface area contributed by atoms with E-state index in [1.54, 1.807) is 6.07 Å². The second kappa shape index (κ2) is 8.05. The van der Waals surface area contributed by atoms with Crippen molar-refractivity contribution in [2.24, 2.45) is 5.92 Å². The van der Waals surface area contributed by atoms with Gasteiger partial charge in [0.05, 0.1) is 5.69 Å². The number of aromatic nitrogens is 2. The lowest BCUT2D eigenvalue weighted by Gasteiger charge is -2.33. The van der Waals surface area contributed by atoms with Gasteiger partial charge in [0.2, 0.25) is 11.8 Å². The van der Waals surface area contributed by atoms with E-state index in [1.807, 2.05) is 16.7 Å². The Balaban J connectivity index is 1.45. The number of nitrogens with zero attached hydrogens (tertiary/aromatic N) is 3. The Morgan fingerprint density at radius 1 is 1.07 bits per heavy atom. The highest BCUT2D eigenvalue weighted by molar-refractivity contribution is 5.81. The van der Waals surface area contributed by atoms with Gasteiger partial charge in [-0.15, -0.1) is 0 Å². The van der Waals surface area contributed by atoms with Crippen LogP contribution in [0.5, 0.6) is 0 Å². The van der Waals surface area contributed by atoms with Crippen molar-refractivity contribution in [3.8, 4) is 0 Å². The third kappa shape index (κ3) is 4.13. The third-order valence-corrected chi connectivity index (χ3v) is 6.39. The molecule has 1 unspecified atom stereocenters. The number of likely N-dealkylation sites (tertiary alicyclic amines) is 2. The molecule has 3 fully saturated rings. The van der Waals surface area contributed by atoms with Crippen LogP contribution >= 0.6 is 0 Å². The lowest BCUT2D eigenvalue weighted by atomic mass is 9.92. The smallest absolute Gasteiger partial charge is 0.251 e. The number of amides is 2. The van der Waals surface area contributed by atoms with Crippen LogP contribution in [-0.2, 0) is 9.59 Å². The first-order chi connectivity index (χ1) is 13.5. The van der Waals surface area contributed by atoms with Gasteiger partial charge in [-0.2, -0.15) is 0 Å². The molecule has 2 amide bonds. The highest BCUT2D eigenvalue weighted by Crippen LogP contribution is 2.34. The molecule has 1 aromatic rings. The van der Waals surface area contributed by atoms with Gasteiger partial charge < -0.3 is 14.8 Å². The van der Waals surface area contributed by atoms with Gasteiger partial charge in [-0.25, -0.2) is 4.98 Å². The van der Waals surface area contributed by atoms with Crippen LogP contribution in [0.25, 0.3) is 0 Å². The van der Waals surface area contributed by atoms with Gasteiger partial charge in [0.15, 0.2) is 0 Å². The van der Waals surface area contributed by atoms with Gasteiger partial charge in [-0.3, -0.25) is 14.4 Å². The van der Waals surface area contributed by atoms with Crippen molar-refractivity contribution in [2.75, 3.05) is 26.2 Å². The molecule has 0 spiro atoms. The molecule has 2 saturated heterocycles. The molecule has 3 heterocycles. The Labute approximate surface area is 165 Å². The number of rotatable bonds is 4. The zero-order valence-electron chi connectivity index (χ0n) is 16.7. The molecule has 1 atom stereocenters. The van der Waals surface area contributed by atoms with Gasteiger partial charge in [0, 0.05) is 56.4 Å². The summed E-state index contributed by atoms with van der Waals surface area (Å²) in [4.78, 5) is 48.2. The Morgan fingerprint density at radius 3 is 2.50 bits per heavy atom. The largest absolute Gasteiger partial charge is 0.342 e. The molecule has 1 N–H and O–H groups in total. The van der Waals surface area contributed by atoms with Crippen molar-refractivity contribution in [3.05, 3.63) is 27.9 Å². The lowest BCUT2D eigenvalue weighted by molar-refractivity contribution is -0.134. The van der Waals surface area contributed by atoms with Gasteiger partial charge in [-0.1, -0.05) is 6.92 Å². The predicted molar refractivity (Wildman–Crippen MR) is 105 cm³/mol. The van der Waals surface area contributed by atoms with Crippen LogP contribution in [0.4, 0.5) is 0 Å². The van der Waals surface area contributed by atoms with E-state index in [4.69, 9.17) is 4.98 Å². The standard InChI is InChI=1S/C21H30N4O3/c1-2-19(27)25-9-3-4-16(13-25)17-12-18(26)23-20(22-17)14-7-10-24(11-8-14)21(28)15-5-6-15/h12,14-16H,2-11,13H2,1H3,(H,22,23,26). The highest BCUT2D eigenvalue weighted by Gasteiger charge is 2.35. The molecule has 3 aliphatic rings. The molecule has 0 aromatic carbocycles. The summed E-state index contributed by atoms with van der Waals surface area (Å²) in [5.41, 5.74) is 0.694. The topological polar surface area (TPSA) is 86.4 Å². The van der Waals surface area contributed by atoms with Crippen LogP contribution in [0.15, 0.2) is 10.9 Å². The maximum Gasteiger partial charge on any atom is 0.251 e. The van der Waals surface area contributed by atoms with Crippen LogP contribution < -0.4 is 5.56 Å². The number of hydrogen-bond acceptors (Lipinski definition) is 4. The number of H-pyrrole nitrogens is 1. The Hall–Kier alpha value is -2.18. The van der Waals surface area contributed by atoms with E-state index in [1.165, 1.54) is 0 Å². The summed E-state index contributed by atoms with van der Waals surface area (Å²) in [5, 5.41) is 0. The maximum atomic E-state index is 12.3. The monoisotopic (exact) mass is 386 g/mol. The highest BCUT2D eigenvalue weighted by atomic mass is 16.2. The summed E-state index contributed by atoms with van der Waals surface area (Å²) in [6.07, 6.45) is 6.17. The lowest BCUT2D eigenvalue weighted by Crippen LogP contribution is -2.40. The molecule has 1 saturated carbocycles. The third-order valence-electron chi connectivity index (χ3n) is 6.39. The molecule has 0 bridgehead atoms. The summed E-state index contributed by atoms with van der Waals surface area (Å²) in [6, 6.07) is 1.60. The molecule has 28 heavy (non-hydrogen) atoms. The summed E-state index contributed by atoms with van der Waals surface area (Å²) in [7, 11) is 0. The SMILES string of the molecule is CCC(=O)N1CCCC(c2cc(=O)[nH]c(C3CCN(C(=O)C4CC4)CC3)n2)C1. The van der Waals surface area contributed by atoms with E-state index in [-0.39, 0.29) is 29.2 Å². The summed E-state index contributed by atoms with van der Waals surface area (Å²) in [5.74, 6) is 1.80. The van der Waals surface area contributed by atoms with Crippen molar-refractivity contribution in [1.29, 1.82) is 0 Å². The van der Waals surface area contributed by atoms with E-state index in [0.29, 0.717) is 18.9 Å². The average molecular weight is 386 g/mol. The van der Waals surface area contributed by atoms with Crippen LogP contribution in [0, 0.1) is 5.92 Å². The van der Waals surface area contributed by atoms with Crippen molar-refractivity contribution < 1.29 is 9.59 Å². The summed E-state index contributed by atoms with van der Waals surface area (Å²) < 4.78 is 0. The van der Waals surface area contributed by atoms with Crippen molar-refractivity contribution >= 4 is 11.8 Å². The average Bonchev–Trinajstić information content (AvgIpc) is 3.58. The van der Waals surface area contributed by atoms with Crippen LogP contribution in [-0.4, -0.2) is 57.8 Å². The molecule has 1 aromatic heterocycles. The van der Waals surface area contributed by atoms with Gasteiger partial charge in [0.25, 0.3) is 5.56 Å². The number of piperidine rings is 2. The number of carbonyl (C=O) groups excluding carboxylic acids is 2. The Kier molecular flexibility index (Phi) is 5.51. The molecule has 7 nitrogen and oxygen atoms in total. The second-order valence-electron chi connectivity index (χ2n) is 8.46. The fourth-order valence-corrected chi connectivity index (χ4v) is 4.53. The first kappa shape index (κ1) is 19.2. The van der Waals surface area contributed by atoms with Gasteiger partial charge in [0.1, 0.15) is 5.82 Å². The molecule has 1 aliphatic carbocycles. The van der Waals surface area contributed by atoms with Crippen LogP contribution in [0.3, 0.4) is 0 Å². The number of aromatic amines is 1. The quantitative estimate of drug-likeness (QED) is 0.858. The first-order valence-corrected chi connectivity index (χ1v) is 10.7. The normalized spacial score (nSPS) is 23.7. The number of nitrogens with one attached hydrogen (secondary N) is 1. The predicted octanol–water partition coefficient (Wildman–Crippen LogP) is 2.00. The fourth-order valence-electron chi connectivity index (χ4n) is 4.53. The van der Waals surface area contributed by atoms with E-state index < -0.39 is 0 Å². The molecule has 4 rings (SSSR count). The minimum Gasteiger partial charge on any atom is -0.342 e. The first-order valence-electron chi connectivity index (χ1n) is 10.7. The van der Waals surface area contributed by atoms with E-state index in [2.05, 4.69) is 4.98 Å². The molecular weight excluding hydrogens is 356 g/mol. The van der Waals surface area contributed by atoms with E-state index >= 15 is 0 Å². The Bertz CT molecular complexity index is 793. The zero-order valence-corrected chi connectivity index (χ0v) is 16.7. The van der Waals surface area contributed by atoms with Crippen molar-refractivity contribution in [1.82, 2.24) is 19.8 Å². The molecule has 0 radical (unpaired) electrons. The zero-order chi connectivity index (χ0) is 19.7. The number of carbonyl (C=O) groups is 2. The number of hydrogen-bond donors (Lipinski definition) is 1. The van der Waals surface area contributed by atoms with Gasteiger partial charge >= 0.3 is 0 Å². The minimum atomic E-state index is -0.115. The molecule has 7 heteroatoms. The van der Waals surface area contributed by atoms with Crippen molar-refractivity contribution in [3.63, 3.8) is 0 Å². The van der Waals surface area contributed by atoms with Crippen molar-refractivity contribution in [2.45, 2.75) is 63.7 Å². The van der Waals surface area contributed by atoms with Gasteiger partial charge in [-0.05, 0) is 38.5 Å². The van der Waals surface area contributed by atoms with Crippen LogP contribution in [0.2, 0.25) is 0 Å². The van der Waals surface area contributed by atoms with E-state index in [9.17, 15) is 14.4 Å². The summed E-state index contributed by atoms with van der Waals surface area (Å²) >= 11 is 0. The Morgan fingerprint density at radius 2 is 1.82 bits per heavy atom. The maximum absolute atomic E-state index is 12.3. The summed E-state index contributed by atoms with van der Waals surface area (Å²) in [6.45, 7) is 4.83. The molecular formula is C21H30N4O3.